The minimum absolute atomic E-state index is 0.226. The molecular formula is C10H17NO3. The molecule has 0 bridgehead atoms. The maximum absolute atomic E-state index is 11.5. The van der Waals surface area contributed by atoms with Crippen LogP contribution in [0.3, 0.4) is 0 Å². The maximum atomic E-state index is 11.5. The van der Waals surface area contributed by atoms with Gasteiger partial charge in [-0.05, 0) is 25.7 Å². The molecule has 80 valence electrons. The summed E-state index contributed by atoms with van der Waals surface area (Å²) in [6.07, 6.45) is 3.57. The lowest BCUT2D eigenvalue weighted by Crippen LogP contribution is -2.54. The highest BCUT2D eigenvalue weighted by Crippen LogP contribution is 2.30. The zero-order chi connectivity index (χ0) is 10.0. The van der Waals surface area contributed by atoms with Crippen LogP contribution in [0, 0.1) is 5.92 Å². The van der Waals surface area contributed by atoms with E-state index in [-0.39, 0.29) is 5.97 Å². The number of esters is 1. The van der Waals surface area contributed by atoms with Crippen LogP contribution in [0.15, 0.2) is 0 Å². The van der Waals surface area contributed by atoms with Gasteiger partial charge in [0.15, 0.2) is 0 Å². The van der Waals surface area contributed by atoms with Crippen molar-refractivity contribution in [1.82, 2.24) is 0 Å². The molecule has 0 aromatic carbocycles. The van der Waals surface area contributed by atoms with Gasteiger partial charge in [0.05, 0.1) is 13.2 Å². The number of carbonyl (C=O) groups is 1. The normalized spacial score (nSPS) is 29.6. The van der Waals surface area contributed by atoms with Crippen molar-refractivity contribution >= 4 is 5.97 Å². The van der Waals surface area contributed by atoms with Gasteiger partial charge in [0.1, 0.15) is 5.54 Å². The molecule has 0 amide bonds. The first-order valence-electron chi connectivity index (χ1n) is 5.24. The third-order valence-corrected chi connectivity index (χ3v) is 3.13. The van der Waals surface area contributed by atoms with Gasteiger partial charge in [-0.2, -0.15) is 0 Å². The summed E-state index contributed by atoms with van der Waals surface area (Å²) < 4.78 is 10.4. The highest BCUT2D eigenvalue weighted by Gasteiger charge is 2.41. The number of rotatable bonds is 3. The second-order valence-electron chi connectivity index (χ2n) is 4.34. The summed E-state index contributed by atoms with van der Waals surface area (Å²) in [6.45, 7) is 1.97. The van der Waals surface area contributed by atoms with E-state index in [1.54, 1.807) is 0 Å². The number of hydrogen-bond acceptors (Lipinski definition) is 4. The van der Waals surface area contributed by atoms with Gasteiger partial charge in [-0.15, -0.1) is 0 Å². The Morgan fingerprint density at radius 3 is 2.86 bits per heavy atom. The first-order valence-corrected chi connectivity index (χ1v) is 5.24. The monoisotopic (exact) mass is 199 g/mol. The van der Waals surface area contributed by atoms with E-state index in [0.29, 0.717) is 19.1 Å². The Morgan fingerprint density at radius 1 is 1.57 bits per heavy atom. The fourth-order valence-electron chi connectivity index (χ4n) is 1.81. The fourth-order valence-corrected chi connectivity index (χ4v) is 1.81. The van der Waals surface area contributed by atoms with Crippen molar-refractivity contribution in [2.75, 3.05) is 19.8 Å². The zero-order valence-corrected chi connectivity index (χ0v) is 8.33. The van der Waals surface area contributed by atoms with Crippen molar-refractivity contribution in [3.8, 4) is 0 Å². The van der Waals surface area contributed by atoms with E-state index in [1.807, 2.05) is 0 Å². The molecule has 0 aromatic rings. The Labute approximate surface area is 83.7 Å². The standard InChI is InChI=1S/C10H17NO3/c11-10(3-1-4-10)9(12)14-7-8-2-5-13-6-8/h8H,1-7,11H2. The third-order valence-electron chi connectivity index (χ3n) is 3.13. The average molecular weight is 199 g/mol. The van der Waals surface area contributed by atoms with Gasteiger partial charge in [0.25, 0.3) is 0 Å². The summed E-state index contributed by atoms with van der Waals surface area (Å²) in [6, 6.07) is 0. The second kappa shape index (κ2) is 3.87. The van der Waals surface area contributed by atoms with Crippen molar-refractivity contribution < 1.29 is 14.3 Å². The summed E-state index contributed by atoms with van der Waals surface area (Å²) in [5, 5.41) is 0. The molecule has 1 saturated heterocycles. The first kappa shape index (κ1) is 9.93. The van der Waals surface area contributed by atoms with Crippen LogP contribution in [-0.4, -0.2) is 31.3 Å². The van der Waals surface area contributed by atoms with Crippen LogP contribution in [-0.2, 0) is 14.3 Å². The third kappa shape index (κ3) is 1.91. The molecule has 1 aliphatic carbocycles. The van der Waals surface area contributed by atoms with Crippen LogP contribution < -0.4 is 5.73 Å². The number of hydrogen-bond donors (Lipinski definition) is 1. The van der Waals surface area contributed by atoms with Crippen molar-refractivity contribution in [3.63, 3.8) is 0 Å². The molecule has 1 aliphatic heterocycles. The summed E-state index contributed by atoms with van der Waals surface area (Å²) in [4.78, 5) is 11.5. The lowest BCUT2D eigenvalue weighted by Gasteiger charge is -2.35. The number of ether oxygens (including phenoxy) is 2. The molecule has 2 fully saturated rings. The minimum Gasteiger partial charge on any atom is -0.464 e. The van der Waals surface area contributed by atoms with Crippen LogP contribution in [0.4, 0.5) is 0 Å². The lowest BCUT2D eigenvalue weighted by molar-refractivity contribution is -0.155. The van der Waals surface area contributed by atoms with E-state index in [2.05, 4.69) is 0 Å². The van der Waals surface area contributed by atoms with Gasteiger partial charge in [-0.1, -0.05) is 0 Å². The molecule has 2 rings (SSSR count). The molecule has 1 atom stereocenters. The van der Waals surface area contributed by atoms with Crippen LogP contribution >= 0.6 is 0 Å². The maximum Gasteiger partial charge on any atom is 0.326 e. The van der Waals surface area contributed by atoms with Gasteiger partial charge >= 0.3 is 5.97 Å². The summed E-state index contributed by atoms with van der Waals surface area (Å²) >= 11 is 0. The van der Waals surface area contributed by atoms with Crippen LogP contribution in [0.5, 0.6) is 0 Å². The number of carbonyl (C=O) groups excluding carboxylic acids is 1. The Balaban J connectivity index is 1.71. The smallest absolute Gasteiger partial charge is 0.326 e. The highest BCUT2D eigenvalue weighted by molar-refractivity contribution is 5.81. The van der Waals surface area contributed by atoms with Crippen LogP contribution in [0.1, 0.15) is 25.7 Å². The largest absolute Gasteiger partial charge is 0.464 e. The van der Waals surface area contributed by atoms with E-state index in [4.69, 9.17) is 15.2 Å². The number of nitrogens with two attached hydrogens (primary N) is 1. The lowest BCUT2D eigenvalue weighted by atomic mass is 9.78. The Kier molecular flexibility index (Phi) is 2.74. The molecule has 0 aromatic heterocycles. The molecule has 2 N–H and O–H groups in total. The predicted molar refractivity (Wildman–Crippen MR) is 50.7 cm³/mol. The summed E-state index contributed by atoms with van der Waals surface area (Å²) in [5.74, 6) is 0.151. The Morgan fingerprint density at radius 2 is 2.36 bits per heavy atom. The quantitative estimate of drug-likeness (QED) is 0.670. The molecule has 0 radical (unpaired) electrons. The highest BCUT2D eigenvalue weighted by atomic mass is 16.5. The van der Waals surface area contributed by atoms with Crippen molar-refractivity contribution in [2.45, 2.75) is 31.2 Å². The molecule has 1 unspecified atom stereocenters. The van der Waals surface area contributed by atoms with Gasteiger partial charge in [-0.3, -0.25) is 4.79 Å². The van der Waals surface area contributed by atoms with Crippen molar-refractivity contribution in [2.24, 2.45) is 11.7 Å². The molecule has 4 heteroatoms. The summed E-state index contributed by atoms with van der Waals surface area (Å²) in [5.41, 5.74) is 5.16. The van der Waals surface area contributed by atoms with Gasteiger partial charge < -0.3 is 15.2 Å². The fraction of sp³-hybridized carbons (Fsp3) is 0.900. The SMILES string of the molecule is NC1(C(=O)OCC2CCOC2)CCC1. The van der Waals surface area contributed by atoms with E-state index in [1.165, 1.54) is 0 Å². The van der Waals surface area contributed by atoms with E-state index < -0.39 is 5.54 Å². The molecule has 1 heterocycles. The van der Waals surface area contributed by atoms with Crippen molar-refractivity contribution in [1.29, 1.82) is 0 Å². The molecular weight excluding hydrogens is 182 g/mol. The minimum atomic E-state index is -0.667. The van der Waals surface area contributed by atoms with Crippen LogP contribution in [0.25, 0.3) is 0 Å². The molecule has 14 heavy (non-hydrogen) atoms. The van der Waals surface area contributed by atoms with E-state index in [9.17, 15) is 4.79 Å². The zero-order valence-electron chi connectivity index (χ0n) is 8.33. The van der Waals surface area contributed by atoms with Crippen LogP contribution in [0.2, 0.25) is 0 Å². The van der Waals surface area contributed by atoms with Crippen molar-refractivity contribution in [3.05, 3.63) is 0 Å². The molecule has 4 nitrogen and oxygen atoms in total. The topological polar surface area (TPSA) is 61.6 Å². The molecule has 0 spiro atoms. The van der Waals surface area contributed by atoms with E-state index >= 15 is 0 Å². The Bertz CT molecular complexity index is 219. The average Bonchev–Trinajstić information content (AvgIpc) is 2.62. The Hall–Kier alpha value is -0.610. The molecule has 2 aliphatic rings. The predicted octanol–water partition coefficient (Wildman–Crippen LogP) is 0.447. The first-order chi connectivity index (χ1) is 6.71. The summed E-state index contributed by atoms with van der Waals surface area (Å²) in [7, 11) is 0. The van der Waals surface area contributed by atoms with Gasteiger partial charge in [0.2, 0.25) is 0 Å². The van der Waals surface area contributed by atoms with Gasteiger partial charge in [-0.25, -0.2) is 0 Å². The van der Waals surface area contributed by atoms with Gasteiger partial charge in [0, 0.05) is 12.5 Å². The molecule has 1 saturated carbocycles. The second-order valence-corrected chi connectivity index (χ2v) is 4.34. The van der Waals surface area contributed by atoms with E-state index in [0.717, 1.165) is 32.3 Å².